The van der Waals surface area contributed by atoms with Crippen LogP contribution in [0.25, 0.3) is 0 Å². The zero-order valence-corrected chi connectivity index (χ0v) is 19.5. The first-order valence-electron chi connectivity index (χ1n) is 11.4. The minimum Gasteiger partial charge on any atom is -0.322 e. The Bertz CT molecular complexity index is 869. The molecular formula is C22H33N5O3S. The predicted octanol–water partition coefficient (Wildman–Crippen LogP) is 3.63. The van der Waals surface area contributed by atoms with Crippen molar-refractivity contribution in [2.75, 3.05) is 5.75 Å². The lowest BCUT2D eigenvalue weighted by atomic mass is 9.77. The van der Waals surface area contributed by atoms with Crippen LogP contribution in [0.3, 0.4) is 0 Å². The fourth-order valence-electron chi connectivity index (χ4n) is 5.07. The van der Waals surface area contributed by atoms with Gasteiger partial charge < -0.3 is 9.88 Å². The molecule has 4 amide bonds. The number of nitrogens with one attached hydrogen (secondary N) is 2. The minimum absolute atomic E-state index is 0.101. The first-order chi connectivity index (χ1) is 14.8. The monoisotopic (exact) mass is 447 g/mol. The lowest BCUT2D eigenvalue weighted by Crippen LogP contribution is -2.51. The lowest BCUT2D eigenvalue weighted by molar-refractivity contribution is -0.139. The maximum absolute atomic E-state index is 12.9. The van der Waals surface area contributed by atoms with Crippen LogP contribution in [0.1, 0.15) is 82.1 Å². The highest BCUT2D eigenvalue weighted by atomic mass is 32.2. The Morgan fingerprint density at radius 1 is 1.16 bits per heavy atom. The lowest BCUT2D eigenvalue weighted by Gasteiger charge is -2.33. The van der Waals surface area contributed by atoms with Crippen LogP contribution in [-0.2, 0) is 9.59 Å². The SMILES string of the molecule is Cc1nc(SCC(=O)NN2C(=O)NC3(CCC(C)CC3)C2=O)n(C2CCCCC2)c1C. The molecule has 0 aromatic carbocycles. The smallest absolute Gasteiger partial charge is 0.322 e. The molecule has 1 aliphatic heterocycles. The molecule has 0 unspecified atom stereocenters. The Morgan fingerprint density at radius 2 is 1.84 bits per heavy atom. The molecule has 3 aliphatic rings. The predicted molar refractivity (Wildman–Crippen MR) is 118 cm³/mol. The van der Waals surface area contributed by atoms with E-state index < -0.39 is 11.6 Å². The van der Waals surface area contributed by atoms with Crippen molar-refractivity contribution in [3.63, 3.8) is 0 Å². The zero-order valence-electron chi connectivity index (χ0n) is 18.7. The van der Waals surface area contributed by atoms with Gasteiger partial charge >= 0.3 is 6.03 Å². The van der Waals surface area contributed by atoms with E-state index in [1.54, 1.807) is 0 Å². The van der Waals surface area contributed by atoms with E-state index in [1.165, 1.54) is 31.0 Å². The second-order valence-corrected chi connectivity index (χ2v) is 10.3. The van der Waals surface area contributed by atoms with E-state index in [0.717, 1.165) is 47.2 Å². The molecule has 9 heteroatoms. The summed E-state index contributed by atoms with van der Waals surface area (Å²) in [7, 11) is 0. The summed E-state index contributed by atoms with van der Waals surface area (Å²) in [4.78, 5) is 42.6. The van der Waals surface area contributed by atoms with Crippen molar-refractivity contribution in [2.24, 2.45) is 5.92 Å². The zero-order chi connectivity index (χ0) is 22.2. The molecule has 2 heterocycles. The first kappa shape index (κ1) is 22.2. The summed E-state index contributed by atoms with van der Waals surface area (Å²) in [5.74, 6) is -0.0551. The van der Waals surface area contributed by atoms with Gasteiger partial charge in [-0.25, -0.2) is 9.78 Å². The Morgan fingerprint density at radius 3 is 2.52 bits per heavy atom. The van der Waals surface area contributed by atoms with Gasteiger partial charge in [0.1, 0.15) is 5.54 Å². The molecule has 1 aromatic rings. The standard InChI is InChI=1S/C22H33N5O3S/c1-14-9-11-22(12-10-14)19(29)27(20(30)24-22)25-18(28)13-31-21-23-15(2)16(3)26(21)17-7-5-4-6-8-17/h14,17H,4-13H2,1-3H3,(H,24,30)(H,25,28). The Labute approximate surface area is 187 Å². The van der Waals surface area contributed by atoms with Gasteiger partial charge in [-0.1, -0.05) is 37.9 Å². The van der Waals surface area contributed by atoms with Crippen molar-refractivity contribution in [2.45, 2.75) is 95.3 Å². The van der Waals surface area contributed by atoms with Gasteiger partial charge in [0.15, 0.2) is 5.16 Å². The Hall–Kier alpha value is -2.03. The second-order valence-electron chi connectivity index (χ2n) is 9.39. The highest BCUT2D eigenvalue weighted by Gasteiger charge is 2.52. The molecule has 1 spiro atoms. The molecule has 2 saturated carbocycles. The number of hydrogen-bond acceptors (Lipinski definition) is 5. The quantitative estimate of drug-likeness (QED) is 0.531. The van der Waals surface area contributed by atoms with Crippen molar-refractivity contribution < 1.29 is 14.4 Å². The van der Waals surface area contributed by atoms with Gasteiger partial charge in [0, 0.05) is 11.7 Å². The van der Waals surface area contributed by atoms with Crippen LogP contribution in [0.5, 0.6) is 0 Å². The summed E-state index contributed by atoms with van der Waals surface area (Å²) in [6, 6.07) is -0.103. The molecule has 31 heavy (non-hydrogen) atoms. The average molecular weight is 448 g/mol. The molecule has 2 N–H and O–H groups in total. The fraction of sp³-hybridized carbons (Fsp3) is 0.727. The van der Waals surface area contributed by atoms with Crippen molar-refractivity contribution in [1.29, 1.82) is 0 Å². The molecule has 1 aromatic heterocycles. The molecule has 1 saturated heterocycles. The third kappa shape index (κ3) is 4.33. The number of hydrogen-bond donors (Lipinski definition) is 2. The summed E-state index contributed by atoms with van der Waals surface area (Å²) >= 11 is 1.37. The van der Waals surface area contributed by atoms with E-state index >= 15 is 0 Å². The molecule has 3 fully saturated rings. The van der Waals surface area contributed by atoms with Crippen molar-refractivity contribution in [3.8, 4) is 0 Å². The van der Waals surface area contributed by atoms with Crippen LogP contribution in [-0.4, -0.2) is 43.7 Å². The van der Waals surface area contributed by atoms with Gasteiger partial charge in [-0.05, 0) is 58.3 Å². The van der Waals surface area contributed by atoms with E-state index in [4.69, 9.17) is 0 Å². The van der Waals surface area contributed by atoms with Crippen LogP contribution >= 0.6 is 11.8 Å². The van der Waals surface area contributed by atoms with E-state index in [2.05, 4.69) is 34.1 Å². The molecule has 0 bridgehead atoms. The molecule has 0 radical (unpaired) electrons. The summed E-state index contributed by atoms with van der Waals surface area (Å²) in [5.41, 5.74) is 3.81. The van der Waals surface area contributed by atoms with Crippen molar-refractivity contribution >= 4 is 29.6 Å². The average Bonchev–Trinajstić information content (AvgIpc) is 3.17. The van der Waals surface area contributed by atoms with Crippen LogP contribution < -0.4 is 10.7 Å². The van der Waals surface area contributed by atoms with E-state index in [0.29, 0.717) is 24.8 Å². The van der Waals surface area contributed by atoms with E-state index in [-0.39, 0.29) is 17.6 Å². The number of rotatable bonds is 5. The number of carbonyl (C=O) groups excluding carboxylic acids is 3. The van der Waals surface area contributed by atoms with Gasteiger partial charge in [0.05, 0.1) is 11.4 Å². The van der Waals surface area contributed by atoms with E-state index in [9.17, 15) is 14.4 Å². The van der Waals surface area contributed by atoms with Gasteiger partial charge in [-0.15, -0.1) is 0 Å². The summed E-state index contributed by atoms with van der Waals surface area (Å²) in [5, 5.41) is 4.55. The second kappa shape index (κ2) is 8.84. The van der Waals surface area contributed by atoms with Crippen LogP contribution in [0.4, 0.5) is 4.79 Å². The van der Waals surface area contributed by atoms with Gasteiger partial charge in [-0.2, -0.15) is 5.01 Å². The summed E-state index contributed by atoms with van der Waals surface area (Å²) < 4.78 is 2.28. The third-order valence-corrected chi connectivity index (χ3v) is 8.11. The number of imide groups is 1. The highest BCUT2D eigenvalue weighted by Crippen LogP contribution is 2.36. The molecular weight excluding hydrogens is 414 g/mol. The molecule has 0 atom stereocenters. The van der Waals surface area contributed by atoms with E-state index in [1.807, 2.05) is 6.92 Å². The number of aryl methyl sites for hydroxylation is 1. The number of urea groups is 1. The van der Waals surface area contributed by atoms with Gasteiger partial charge in [0.2, 0.25) is 5.91 Å². The first-order valence-corrected chi connectivity index (χ1v) is 12.4. The number of nitrogens with zero attached hydrogens (tertiary/aromatic N) is 3. The number of hydrazine groups is 1. The number of thioether (sulfide) groups is 1. The van der Waals surface area contributed by atoms with Crippen LogP contribution in [0, 0.1) is 19.8 Å². The normalized spacial score (nSPS) is 27.1. The van der Waals surface area contributed by atoms with Gasteiger partial charge in [0.25, 0.3) is 5.91 Å². The molecule has 170 valence electrons. The summed E-state index contributed by atoms with van der Waals surface area (Å²) in [6.45, 7) is 6.24. The number of carbonyl (C=O) groups is 3. The molecule has 4 rings (SSSR count). The highest BCUT2D eigenvalue weighted by molar-refractivity contribution is 7.99. The molecule has 8 nitrogen and oxygen atoms in total. The largest absolute Gasteiger partial charge is 0.344 e. The van der Waals surface area contributed by atoms with Gasteiger partial charge in [-0.3, -0.25) is 15.0 Å². The van der Waals surface area contributed by atoms with Crippen molar-refractivity contribution in [3.05, 3.63) is 11.4 Å². The number of imidazole rings is 1. The number of amides is 4. The van der Waals surface area contributed by atoms with Crippen molar-refractivity contribution in [1.82, 2.24) is 25.3 Å². The Balaban J connectivity index is 1.38. The van der Waals surface area contributed by atoms with Crippen LogP contribution in [0.15, 0.2) is 5.16 Å². The number of aromatic nitrogens is 2. The fourth-order valence-corrected chi connectivity index (χ4v) is 6.02. The maximum atomic E-state index is 12.9. The summed E-state index contributed by atoms with van der Waals surface area (Å²) in [6.07, 6.45) is 9.03. The minimum atomic E-state index is -0.852. The maximum Gasteiger partial charge on any atom is 0.344 e. The third-order valence-electron chi connectivity index (χ3n) is 7.15. The topological polar surface area (TPSA) is 96.3 Å². The van der Waals surface area contributed by atoms with Crippen LogP contribution in [0.2, 0.25) is 0 Å². The molecule has 2 aliphatic carbocycles. The Kier molecular flexibility index (Phi) is 6.32.